The van der Waals surface area contributed by atoms with Gasteiger partial charge in [0.1, 0.15) is 17.5 Å². The number of hydrogen-bond acceptors (Lipinski definition) is 3. The monoisotopic (exact) mass is 238 g/mol. The van der Waals surface area contributed by atoms with Crippen LogP contribution < -0.4 is 11.3 Å². The van der Waals surface area contributed by atoms with Gasteiger partial charge in [0, 0.05) is 12.4 Å². The summed E-state index contributed by atoms with van der Waals surface area (Å²) in [7, 11) is 0. The van der Waals surface area contributed by atoms with Gasteiger partial charge in [0.25, 0.3) is 0 Å². The first-order chi connectivity index (χ1) is 8.20. The molecular weight excluding hydrogens is 226 g/mol. The Balaban J connectivity index is 2.21. The molecule has 0 saturated heterocycles. The van der Waals surface area contributed by atoms with Crippen molar-refractivity contribution in [2.24, 2.45) is 5.84 Å². The molecule has 1 heterocycles. The molecule has 90 valence electrons. The van der Waals surface area contributed by atoms with Crippen LogP contribution in [0.25, 0.3) is 0 Å². The van der Waals surface area contributed by atoms with Crippen molar-refractivity contribution in [1.29, 1.82) is 0 Å². The highest BCUT2D eigenvalue weighted by molar-refractivity contribution is 5.20. The van der Waals surface area contributed by atoms with E-state index in [0.29, 0.717) is 5.82 Å². The second kappa shape index (κ2) is 5.03. The van der Waals surface area contributed by atoms with Crippen molar-refractivity contribution in [3.8, 4) is 0 Å². The summed E-state index contributed by atoms with van der Waals surface area (Å²) in [5.74, 6) is 5.02. The zero-order valence-electron chi connectivity index (χ0n) is 8.95. The number of H-pyrrole nitrogens is 1. The molecule has 1 unspecified atom stereocenters. The summed E-state index contributed by atoms with van der Waals surface area (Å²) in [6.07, 6.45) is 3.43. The van der Waals surface area contributed by atoms with Gasteiger partial charge in [-0.3, -0.25) is 5.84 Å². The van der Waals surface area contributed by atoms with Gasteiger partial charge in [-0.1, -0.05) is 0 Å². The molecule has 0 amide bonds. The van der Waals surface area contributed by atoms with Gasteiger partial charge in [0.2, 0.25) is 0 Å². The third-order valence-electron chi connectivity index (χ3n) is 2.48. The fourth-order valence-corrected chi connectivity index (χ4v) is 1.62. The molecule has 0 fully saturated rings. The molecule has 4 nitrogen and oxygen atoms in total. The first kappa shape index (κ1) is 11.7. The maximum Gasteiger partial charge on any atom is 0.126 e. The van der Waals surface area contributed by atoms with E-state index in [-0.39, 0.29) is 18.0 Å². The van der Waals surface area contributed by atoms with Crippen LogP contribution in [-0.2, 0) is 6.42 Å². The number of aromatic nitrogens is 2. The number of rotatable bonds is 4. The maximum absolute atomic E-state index is 13.4. The van der Waals surface area contributed by atoms with Gasteiger partial charge >= 0.3 is 0 Å². The Morgan fingerprint density at radius 1 is 1.41 bits per heavy atom. The Morgan fingerprint density at radius 2 is 2.24 bits per heavy atom. The Labute approximate surface area is 96.8 Å². The van der Waals surface area contributed by atoms with E-state index in [1.807, 2.05) is 0 Å². The lowest BCUT2D eigenvalue weighted by Crippen LogP contribution is -2.30. The quantitative estimate of drug-likeness (QED) is 0.557. The highest BCUT2D eigenvalue weighted by Gasteiger charge is 2.15. The van der Waals surface area contributed by atoms with Crippen molar-refractivity contribution in [3.05, 3.63) is 53.6 Å². The van der Waals surface area contributed by atoms with E-state index in [1.54, 1.807) is 12.4 Å². The zero-order chi connectivity index (χ0) is 12.3. The predicted octanol–water partition coefficient (Wildman–Crippen LogP) is 1.43. The number of nitrogens with zero attached hydrogens (tertiary/aromatic N) is 1. The molecular formula is C11H12F2N4. The maximum atomic E-state index is 13.4. The third-order valence-corrected chi connectivity index (χ3v) is 2.48. The van der Waals surface area contributed by atoms with Crippen LogP contribution in [0, 0.1) is 11.6 Å². The zero-order valence-corrected chi connectivity index (χ0v) is 8.95. The van der Waals surface area contributed by atoms with E-state index >= 15 is 0 Å². The fraction of sp³-hybridized carbons (Fsp3) is 0.182. The van der Waals surface area contributed by atoms with Crippen LogP contribution in [0.3, 0.4) is 0 Å². The second-order valence-corrected chi connectivity index (χ2v) is 3.63. The number of hydrogen-bond donors (Lipinski definition) is 3. The van der Waals surface area contributed by atoms with Gasteiger partial charge in [0.15, 0.2) is 0 Å². The highest BCUT2D eigenvalue weighted by Crippen LogP contribution is 2.17. The normalized spacial score (nSPS) is 12.6. The summed E-state index contributed by atoms with van der Waals surface area (Å²) in [5.41, 5.74) is 2.77. The summed E-state index contributed by atoms with van der Waals surface area (Å²) in [5, 5.41) is 0. The Bertz CT molecular complexity index is 484. The molecule has 6 heteroatoms. The fourth-order valence-electron chi connectivity index (χ4n) is 1.62. The third kappa shape index (κ3) is 2.66. The number of imidazole rings is 1. The highest BCUT2D eigenvalue weighted by atomic mass is 19.1. The van der Waals surface area contributed by atoms with Gasteiger partial charge in [-0.15, -0.1) is 0 Å². The van der Waals surface area contributed by atoms with E-state index in [9.17, 15) is 8.78 Å². The lowest BCUT2D eigenvalue weighted by Gasteiger charge is -2.13. The molecule has 2 rings (SSSR count). The number of hydrazine groups is 1. The van der Waals surface area contributed by atoms with E-state index < -0.39 is 11.6 Å². The van der Waals surface area contributed by atoms with Crippen LogP contribution >= 0.6 is 0 Å². The molecule has 1 aromatic heterocycles. The van der Waals surface area contributed by atoms with Gasteiger partial charge in [-0.05, 0) is 30.2 Å². The minimum atomic E-state index is -0.475. The number of nitrogens with one attached hydrogen (secondary N) is 2. The summed E-state index contributed by atoms with van der Waals surface area (Å²) in [4.78, 5) is 6.89. The molecule has 0 aliphatic heterocycles. The van der Waals surface area contributed by atoms with Crippen molar-refractivity contribution in [2.75, 3.05) is 0 Å². The van der Waals surface area contributed by atoms with Crippen LogP contribution in [0.1, 0.15) is 17.4 Å². The minimum Gasteiger partial charge on any atom is -0.347 e. The summed E-state index contributed by atoms with van der Waals surface area (Å²) in [6.45, 7) is 0. The number of benzene rings is 1. The van der Waals surface area contributed by atoms with Crippen LogP contribution in [0.4, 0.5) is 8.78 Å². The molecule has 17 heavy (non-hydrogen) atoms. The van der Waals surface area contributed by atoms with Crippen molar-refractivity contribution in [2.45, 2.75) is 12.5 Å². The molecule has 0 bridgehead atoms. The molecule has 0 aliphatic rings. The SMILES string of the molecule is NNC(Cc1cc(F)ccc1F)c1ncc[nH]1. The van der Waals surface area contributed by atoms with E-state index in [4.69, 9.17) is 5.84 Å². The second-order valence-electron chi connectivity index (χ2n) is 3.63. The molecule has 4 N–H and O–H groups in total. The van der Waals surface area contributed by atoms with Crippen molar-refractivity contribution in [1.82, 2.24) is 15.4 Å². The Kier molecular flexibility index (Phi) is 3.46. The molecule has 1 atom stereocenters. The number of nitrogens with two attached hydrogens (primary N) is 1. The average Bonchev–Trinajstić information content (AvgIpc) is 2.84. The number of aromatic amines is 1. The lowest BCUT2D eigenvalue weighted by molar-refractivity contribution is 0.505. The summed E-state index contributed by atoms with van der Waals surface area (Å²) in [6, 6.07) is 2.95. The largest absolute Gasteiger partial charge is 0.347 e. The van der Waals surface area contributed by atoms with E-state index in [2.05, 4.69) is 15.4 Å². The van der Waals surface area contributed by atoms with Gasteiger partial charge < -0.3 is 4.98 Å². The first-order valence-corrected chi connectivity index (χ1v) is 5.10. The Hall–Kier alpha value is -1.79. The number of halogens is 2. The van der Waals surface area contributed by atoms with E-state index in [1.165, 1.54) is 0 Å². The van der Waals surface area contributed by atoms with Crippen molar-refractivity contribution < 1.29 is 8.78 Å². The topological polar surface area (TPSA) is 66.7 Å². The first-order valence-electron chi connectivity index (χ1n) is 5.10. The van der Waals surface area contributed by atoms with Crippen LogP contribution in [0.15, 0.2) is 30.6 Å². The minimum absolute atomic E-state index is 0.216. The molecule has 0 radical (unpaired) electrons. The van der Waals surface area contributed by atoms with Gasteiger partial charge in [-0.2, -0.15) is 0 Å². The summed E-state index contributed by atoms with van der Waals surface area (Å²) < 4.78 is 26.4. The van der Waals surface area contributed by atoms with Crippen molar-refractivity contribution >= 4 is 0 Å². The Morgan fingerprint density at radius 3 is 2.88 bits per heavy atom. The predicted molar refractivity (Wildman–Crippen MR) is 58.7 cm³/mol. The lowest BCUT2D eigenvalue weighted by atomic mass is 10.1. The molecule has 0 spiro atoms. The van der Waals surface area contributed by atoms with Gasteiger partial charge in [-0.25, -0.2) is 19.2 Å². The standard InChI is InChI=1S/C11H12F2N4/c12-8-1-2-9(13)7(5-8)6-10(17-14)11-15-3-4-16-11/h1-5,10,17H,6,14H2,(H,15,16). The molecule has 1 aromatic carbocycles. The summed E-state index contributed by atoms with van der Waals surface area (Å²) >= 11 is 0. The molecule has 2 aromatic rings. The van der Waals surface area contributed by atoms with Crippen LogP contribution in [-0.4, -0.2) is 9.97 Å². The van der Waals surface area contributed by atoms with Crippen LogP contribution in [0.2, 0.25) is 0 Å². The average molecular weight is 238 g/mol. The van der Waals surface area contributed by atoms with Crippen LogP contribution in [0.5, 0.6) is 0 Å². The van der Waals surface area contributed by atoms with E-state index in [0.717, 1.165) is 18.2 Å². The molecule has 0 aliphatic carbocycles. The van der Waals surface area contributed by atoms with Gasteiger partial charge in [0.05, 0.1) is 6.04 Å². The smallest absolute Gasteiger partial charge is 0.126 e. The molecule has 0 saturated carbocycles. The van der Waals surface area contributed by atoms with Crippen molar-refractivity contribution in [3.63, 3.8) is 0 Å².